The molecule has 5 nitrogen and oxygen atoms in total. The summed E-state index contributed by atoms with van der Waals surface area (Å²) in [6.07, 6.45) is 1.84. The molecular weight excluding hydrogens is 344 g/mol. The third-order valence-electron chi connectivity index (χ3n) is 4.82. The van der Waals surface area contributed by atoms with E-state index in [-0.39, 0.29) is 34.6 Å². The van der Waals surface area contributed by atoms with Gasteiger partial charge >= 0.3 is 0 Å². The van der Waals surface area contributed by atoms with Gasteiger partial charge in [-0.2, -0.15) is 4.99 Å². The second-order valence-electron chi connectivity index (χ2n) is 6.97. The predicted octanol–water partition coefficient (Wildman–Crippen LogP) is 2.31. The number of hydrogen-bond donors (Lipinski definition) is 0. The lowest BCUT2D eigenvalue weighted by Crippen LogP contribution is -2.38. The number of nitrogens with zero attached hydrogens (tertiary/aromatic N) is 2. The van der Waals surface area contributed by atoms with Crippen LogP contribution in [0, 0.1) is 19.8 Å². The Labute approximate surface area is 146 Å². The Hall–Kier alpha value is -1.34. The summed E-state index contributed by atoms with van der Waals surface area (Å²) in [6, 6.07) is 6.00. The zero-order valence-corrected chi connectivity index (χ0v) is 15.4. The van der Waals surface area contributed by atoms with Crippen LogP contribution in [0.4, 0.5) is 5.69 Å². The third-order valence-corrected chi connectivity index (χ3v) is 8.03. The summed E-state index contributed by atoms with van der Waals surface area (Å²) in [5, 5.41) is 0.631. The first-order valence-corrected chi connectivity index (χ1v) is 10.9. The fraction of sp³-hybridized carbons (Fsp3) is 0.529. The van der Waals surface area contributed by atoms with Crippen molar-refractivity contribution in [2.24, 2.45) is 10.9 Å². The number of amides is 1. The number of hydrogen-bond acceptors (Lipinski definition) is 4. The molecule has 0 radical (unpaired) electrons. The number of benzene rings is 1. The SMILES string of the molecule is Cc1ccc(C)c(N2C(=NC(=O)C3CC3)SC3CS(=O)(=O)CC32)c1. The molecule has 2 aliphatic heterocycles. The van der Waals surface area contributed by atoms with E-state index in [2.05, 4.69) is 11.1 Å². The molecular formula is C17H20N2O3S2. The van der Waals surface area contributed by atoms with Crippen molar-refractivity contribution in [3.8, 4) is 0 Å². The monoisotopic (exact) mass is 364 g/mol. The lowest BCUT2D eigenvalue weighted by atomic mass is 10.1. The van der Waals surface area contributed by atoms with Gasteiger partial charge in [-0.3, -0.25) is 4.79 Å². The van der Waals surface area contributed by atoms with Crippen molar-refractivity contribution in [2.75, 3.05) is 16.4 Å². The van der Waals surface area contributed by atoms with Crippen LogP contribution in [0.25, 0.3) is 0 Å². The fourth-order valence-electron chi connectivity index (χ4n) is 3.34. The maximum atomic E-state index is 12.2. The quantitative estimate of drug-likeness (QED) is 0.806. The number of thioether (sulfide) groups is 1. The van der Waals surface area contributed by atoms with E-state index in [0.717, 1.165) is 29.7 Å². The second-order valence-corrected chi connectivity index (χ2v) is 10.3. The van der Waals surface area contributed by atoms with E-state index in [1.807, 2.05) is 30.9 Å². The first kappa shape index (κ1) is 16.1. The molecule has 2 saturated heterocycles. The largest absolute Gasteiger partial charge is 0.315 e. The number of sulfone groups is 1. The van der Waals surface area contributed by atoms with Crippen molar-refractivity contribution in [1.82, 2.24) is 0 Å². The Morgan fingerprint density at radius 1 is 1.25 bits per heavy atom. The van der Waals surface area contributed by atoms with E-state index in [9.17, 15) is 13.2 Å². The molecule has 128 valence electrons. The molecule has 3 fully saturated rings. The van der Waals surface area contributed by atoms with Crippen molar-refractivity contribution in [1.29, 1.82) is 0 Å². The number of carbonyl (C=O) groups excluding carboxylic acids is 1. The number of aryl methyl sites for hydroxylation is 2. The molecule has 0 aromatic heterocycles. The van der Waals surface area contributed by atoms with Gasteiger partial charge in [0.15, 0.2) is 15.0 Å². The smallest absolute Gasteiger partial charge is 0.251 e. The molecule has 2 heterocycles. The number of fused-ring (bicyclic) bond motifs is 1. The van der Waals surface area contributed by atoms with Gasteiger partial charge < -0.3 is 4.90 Å². The zero-order chi connectivity index (χ0) is 17.1. The van der Waals surface area contributed by atoms with Crippen LogP contribution in [0.1, 0.15) is 24.0 Å². The lowest BCUT2D eigenvalue weighted by molar-refractivity contribution is -0.118. The van der Waals surface area contributed by atoms with Gasteiger partial charge in [0.05, 0.1) is 17.5 Å². The first-order valence-electron chi connectivity index (χ1n) is 8.20. The topological polar surface area (TPSA) is 66.8 Å². The van der Waals surface area contributed by atoms with Crippen molar-refractivity contribution < 1.29 is 13.2 Å². The van der Waals surface area contributed by atoms with Crippen LogP contribution in [0.5, 0.6) is 0 Å². The molecule has 4 rings (SSSR count). The Morgan fingerprint density at radius 2 is 2.00 bits per heavy atom. The number of rotatable bonds is 2. The number of carbonyl (C=O) groups is 1. The summed E-state index contributed by atoms with van der Waals surface area (Å²) >= 11 is 1.45. The van der Waals surface area contributed by atoms with Gasteiger partial charge in [0.25, 0.3) is 5.91 Å². The standard InChI is InChI=1S/C17H20N2O3S2/c1-10-3-4-11(2)13(7-10)19-14-8-24(21,22)9-15(14)23-17(19)18-16(20)12-5-6-12/h3-4,7,12,14-15H,5-6,8-9H2,1-2H3. The number of anilines is 1. The molecule has 1 aromatic carbocycles. The summed E-state index contributed by atoms with van der Waals surface area (Å²) in [4.78, 5) is 18.6. The molecule has 2 unspecified atom stereocenters. The van der Waals surface area contributed by atoms with Crippen molar-refractivity contribution >= 4 is 38.4 Å². The number of aliphatic imine (C=N–C) groups is 1. The molecule has 1 amide bonds. The second kappa shape index (κ2) is 5.59. The average Bonchev–Trinajstić information content (AvgIpc) is 3.23. The van der Waals surface area contributed by atoms with E-state index in [0.29, 0.717) is 5.17 Å². The lowest BCUT2D eigenvalue weighted by Gasteiger charge is -2.26. The highest BCUT2D eigenvalue weighted by molar-refractivity contribution is 8.16. The van der Waals surface area contributed by atoms with Gasteiger partial charge in [0.2, 0.25) is 0 Å². The van der Waals surface area contributed by atoms with E-state index >= 15 is 0 Å². The van der Waals surface area contributed by atoms with Crippen molar-refractivity contribution in [2.45, 2.75) is 38.0 Å². The van der Waals surface area contributed by atoms with Crippen LogP contribution in [0.15, 0.2) is 23.2 Å². The molecule has 0 spiro atoms. The van der Waals surface area contributed by atoms with Crippen LogP contribution >= 0.6 is 11.8 Å². The van der Waals surface area contributed by atoms with Crippen LogP contribution in [-0.4, -0.2) is 42.3 Å². The van der Waals surface area contributed by atoms with Gasteiger partial charge in [0.1, 0.15) is 0 Å². The molecule has 0 bridgehead atoms. The van der Waals surface area contributed by atoms with Gasteiger partial charge in [0, 0.05) is 16.9 Å². The highest BCUT2D eigenvalue weighted by Gasteiger charge is 2.50. The Kier molecular flexibility index (Phi) is 3.76. The fourth-order valence-corrected chi connectivity index (χ4v) is 7.25. The molecule has 24 heavy (non-hydrogen) atoms. The number of amidine groups is 1. The minimum Gasteiger partial charge on any atom is -0.315 e. The summed E-state index contributed by atoms with van der Waals surface area (Å²) in [7, 11) is -3.03. The van der Waals surface area contributed by atoms with E-state index in [1.54, 1.807) is 0 Å². The highest BCUT2D eigenvalue weighted by atomic mass is 32.2. The minimum atomic E-state index is -3.03. The van der Waals surface area contributed by atoms with Crippen LogP contribution < -0.4 is 4.90 Å². The minimum absolute atomic E-state index is 0.0411. The average molecular weight is 364 g/mol. The zero-order valence-electron chi connectivity index (χ0n) is 13.7. The highest BCUT2D eigenvalue weighted by Crippen LogP contribution is 2.42. The molecule has 1 aromatic rings. The summed E-state index contributed by atoms with van der Waals surface area (Å²) < 4.78 is 24.1. The molecule has 3 aliphatic rings. The maximum Gasteiger partial charge on any atom is 0.251 e. The molecule has 1 saturated carbocycles. The third kappa shape index (κ3) is 2.88. The predicted molar refractivity (Wildman–Crippen MR) is 97.4 cm³/mol. The summed E-state index contributed by atoms with van der Waals surface area (Å²) in [6.45, 7) is 4.03. The van der Waals surface area contributed by atoms with E-state index in [1.165, 1.54) is 11.8 Å². The molecule has 7 heteroatoms. The van der Waals surface area contributed by atoms with E-state index < -0.39 is 9.84 Å². The Bertz CT molecular complexity index is 843. The summed E-state index contributed by atoms with van der Waals surface area (Å²) in [5.74, 6) is 0.313. The van der Waals surface area contributed by atoms with Crippen LogP contribution in [-0.2, 0) is 14.6 Å². The molecule has 1 aliphatic carbocycles. The normalized spacial score (nSPS) is 29.9. The maximum absolute atomic E-state index is 12.2. The van der Waals surface area contributed by atoms with Gasteiger partial charge in [-0.1, -0.05) is 23.9 Å². The molecule has 0 N–H and O–H groups in total. The van der Waals surface area contributed by atoms with Crippen LogP contribution in [0.3, 0.4) is 0 Å². The van der Waals surface area contributed by atoms with Crippen LogP contribution in [0.2, 0.25) is 0 Å². The Balaban J connectivity index is 1.77. The van der Waals surface area contributed by atoms with Gasteiger partial charge in [-0.05, 0) is 43.9 Å². The first-order chi connectivity index (χ1) is 11.3. The van der Waals surface area contributed by atoms with Crippen molar-refractivity contribution in [3.63, 3.8) is 0 Å². The van der Waals surface area contributed by atoms with Crippen molar-refractivity contribution in [3.05, 3.63) is 29.3 Å². The summed E-state index contributed by atoms with van der Waals surface area (Å²) in [5.41, 5.74) is 3.14. The Morgan fingerprint density at radius 3 is 2.71 bits per heavy atom. The van der Waals surface area contributed by atoms with Gasteiger partial charge in [-0.15, -0.1) is 0 Å². The molecule has 2 atom stereocenters. The van der Waals surface area contributed by atoms with Gasteiger partial charge in [-0.25, -0.2) is 8.42 Å². The van der Waals surface area contributed by atoms with E-state index in [4.69, 9.17) is 0 Å².